The molecule has 0 spiro atoms. The zero-order valence-corrected chi connectivity index (χ0v) is 9.92. The summed E-state index contributed by atoms with van der Waals surface area (Å²) in [4.78, 5) is 0. The molecule has 1 atom stereocenters. The number of halogens is 1. The molecular weight excluding hydrogens is 242 g/mol. The highest BCUT2D eigenvalue weighted by Gasteiger charge is 1.95. The zero-order chi connectivity index (χ0) is 10.4. The minimum Gasteiger partial charge on any atom is -0.393 e. The molecule has 0 aliphatic rings. The molecule has 0 saturated carbocycles. The van der Waals surface area contributed by atoms with E-state index in [0.717, 1.165) is 24.0 Å². The van der Waals surface area contributed by atoms with E-state index in [2.05, 4.69) is 33.4 Å². The van der Waals surface area contributed by atoms with E-state index in [-0.39, 0.29) is 6.10 Å². The van der Waals surface area contributed by atoms with Gasteiger partial charge in [0.1, 0.15) is 0 Å². The maximum atomic E-state index is 9.04. The lowest BCUT2D eigenvalue weighted by molar-refractivity contribution is 0.183. The number of aliphatic hydroxyl groups is 1. The number of rotatable bonds is 5. The van der Waals surface area contributed by atoms with Crippen molar-refractivity contribution in [3.05, 3.63) is 34.3 Å². The lowest BCUT2D eigenvalue weighted by atomic mass is 10.2. The molecule has 0 heterocycles. The van der Waals surface area contributed by atoms with Crippen LogP contribution in [0.25, 0.3) is 0 Å². The molecule has 3 heteroatoms. The van der Waals surface area contributed by atoms with Gasteiger partial charge < -0.3 is 10.4 Å². The van der Waals surface area contributed by atoms with E-state index >= 15 is 0 Å². The topological polar surface area (TPSA) is 32.3 Å². The van der Waals surface area contributed by atoms with Crippen LogP contribution in [0.15, 0.2) is 28.7 Å². The number of benzene rings is 1. The highest BCUT2D eigenvalue weighted by molar-refractivity contribution is 9.10. The van der Waals surface area contributed by atoms with E-state index < -0.39 is 0 Å². The first-order valence-electron chi connectivity index (χ1n) is 4.81. The van der Waals surface area contributed by atoms with Crippen molar-refractivity contribution in [2.24, 2.45) is 0 Å². The molecule has 0 amide bonds. The van der Waals surface area contributed by atoms with Gasteiger partial charge in [-0.2, -0.15) is 0 Å². The monoisotopic (exact) mass is 257 g/mol. The molecule has 0 saturated heterocycles. The third-order valence-electron chi connectivity index (χ3n) is 1.98. The average Bonchev–Trinajstić information content (AvgIpc) is 2.15. The Bertz CT molecular complexity index is 258. The van der Waals surface area contributed by atoms with Gasteiger partial charge in [-0.25, -0.2) is 0 Å². The molecule has 2 nitrogen and oxygen atoms in total. The molecule has 1 aromatic carbocycles. The molecule has 0 aliphatic carbocycles. The van der Waals surface area contributed by atoms with Gasteiger partial charge in [0.05, 0.1) is 6.10 Å². The molecule has 0 aromatic heterocycles. The largest absolute Gasteiger partial charge is 0.393 e. The Hall–Kier alpha value is -0.380. The second kappa shape index (κ2) is 6.17. The van der Waals surface area contributed by atoms with Gasteiger partial charge >= 0.3 is 0 Å². The second-order valence-corrected chi connectivity index (χ2v) is 4.36. The van der Waals surface area contributed by atoms with Crippen molar-refractivity contribution in [3.8, 4) is 0 Å². The summed E-state index contributed by atoms with van der Waals surface area (Å²) < 4.78 is 1.10. The normalized spacial score (nSPS) is 12.8. The van der Waals surface area contributed by atoms with E-state index in [1.54, 1.807) is 6.92 Å². The van der Waals surface area contributed by atoms with Crippen molar-refractivity contribution in [1.82, 2.24) is 5.32 Å². The Kier molecular flexibility index (Phi) is 5.15. The van der Waals surface area contributed by atoms with Gasteiger partial charge in [-0.15, -0.1) is 0 Å². The van der Waals surface area contributed by atoms with Gasteiger partial charge in [-0.05, 0) is 37.6 Å². The van der Waals surface area contributed by atoms with Crippen molar-refractivity contribution in [3.63, 3.8) is 0 Å². The fourth-order valence-corrected chi connectivity index (χ4v) is 1.41. The Labute approximate surface area is 93.5 Å². The molecule has 0 bridgehead atoms. The molecule has 2 N–H and O–H groups in total. The SMILES string of the molecule is C[C@@H](O)CCNCc1ccc(Br)cc1. The fraction of sp³-hybridized carbons (Fsp3) is 0.455. The first-order valence-corrected chi connectivity index (χ1v) is 5.61. The third kappa shape index (κ3) is 4.74. The van der Waals surface area contributed by atoms with Crippen LogP contribution < -0.4 is 5.32 Å². The Morgan fingerprint density at radius 1 is 1.36 bits per heavy atom. The predicted molar refractivity (Wildman–Crippen MR) is 62.1 cm³/mol. The minimum atomic E-state index is -0.215. The molecule has 0 radical (unpaired) electrons. The molecule has 78 valence electrons. The molecule has 1 aromatic rings. The number of nitrogens with one attached hydrogen (secondary N) is 1. The Morgan fingerprint density at radius 2 is 2.00 bits per heavy atom. The van der Waals surface area contributed by atoms with Crippen LogP contribution in [0, 0.1) is 0 Å². The summed E-state index contributed by atoms with van der Waals surface area (Å²) in [6, 6.07) is 8.23. The molecule has 14 heavy (non-hydrogen) atoms. The van der Waals surface area contributed by atoms with Crippen LogP contribution in [0.5, 0.6) is 0 Å². The summed E-state index contributed by atoms with van der Waals surface area (Å²) in [6.07, 6.45) is 0.587. The maximum absolute atomic E-state index is 9.04. The van der Waals surface area contributed by atoms with Crippen LogP contribution in [-0.2, 0) is 6.54 Å². The van der Waals surface area contributed by atoms with E-state index in [1.165, 1.54) is 5.56 Å². The number of hydrogen-bond donors (Lipinski definition) is 2. The van der Waals surface area contributed by atoms with E-state index in [0.29, 0.717) is 0 Å². The van der Waals surface area contributed by atoms with Gasteiger partial charge in [-0.3, -0.25) is 0 Å². The molecule has 1 rings (SSSR count). The first kappa shape index (κ1) is 11.7. The highest BCUT2D eigenvalue weighted by atomic mass is 79.9. The minimum absolute atomic E-state index is 0.215. The van der Waals surface area contributed by atoms with Crippen molar-refractivity contribution in [1.29, 1.82) is 0 Å². The number of hydrogen-bond acceptors (Lipinski definition) is 2. The van der Waals surface area contributed by atoms with Crippen LogP contribution in [0.4, 0.5) is 0 Å². The summed E-state index contributed by atoms with van der Waals surface area (Å²) in [5.41, 5.74) is 1.26. The lowest BCUT2D eigenvalue weighted by Crippen LogP contribution is -2.18. The predicted octanol–water partition coefficient (Wildman–Crippen LogP) is 2.31. The van der Waals surface area contributed by atoms with E-state index in [1.807, 2.05) is 12.1 Å². The van der Waals surface area contributed by atoms with Gasteiger partial charge in [0.25, 0.3) is 0 Å². The molecule has 0 aliphatic heterocycles. The van der Waals surface area contributed by atoms with Gasteiger partial charge in [-0.1, -0.05) is 28.1 Å². The average molecular weight is 258 g/mol. The highest BCUT2D eigenvalue weighted by Crippen LogP contribution is 2.10. The summed E-state index contributed by atoms with van der Waals surface area (Å²) in [7, 11) is 0. The molecule has 0 fully saturated rings. The van der Waals surface area contributed by atoms with Crippen LogP contribution in [0.1, 0.15) is 18.9 Å². The van der Waals surface area contributed by atoms with Crippen molar-refractivity contribution >= 4 is 15.9 Å². The standard InChI is InChI=1S/C11H16BrNO/c1-9(14)6-7-13-8-10-2-4-11(12)5-3-10/h2-5,9,13-14H,6-8H2,1H3/t9-/m1/s1. The first-order chi connectivity index (χ1) is 6.68. The van der Waals surface area contributed by atoms with Crippen molar-refractivity contribution in [2.75, 3.05) is 6.54 Å². The Balaban J connectivity index is 2.21. The molecule has 0 unspecified atom stereocenters. The summed E-state index contributed by atoms with van der Waals surface area (Å²) >= 11 is 3.39. The fourth-order valence-electron chi connectivity index (χ4n) is 1.15. The molecular formula is C11H16BrNO. The van der Waals surface area contributed by atoms with Crippen molar-refractivity contribution < 1.29 is 5.11 Å². The van der Waals surface area contributed by atoms with Crippen LogP contribution >= 0.6 is 15.9 Å². The van der Waals surface area contributed by atoms with Crippen LogP contribution in [0.3, 0.4) is 0 Å². The van der Waals surface area contributed by atoms with E-state index in [9.17, 15) is 0 Å². The maximum Gasteiger partial charge on any atom is 0.0524 e. The number of aliphatic hydroxyl groups excluding tert-OH is 1. The van der Waals surface area contributed by atoms with Crippen molar-refractivity contribution in [2.45, 2.75) is 26.0 Å². The second-order valence-electron chi connectivity index (χ2n) is 3.44. The Morgan fingerprint density at radius 3 is 2.57 bits per heavy atom. The van der Waals surface area contributed by atoms with Crippen LogP contribution in [0.2, 0.25) is 0 Å². The van der Waals surface area contributed by atoms with Gasteiger partial charge in [0, 0.05) is 11.0 Å². The third-order valence-corrected chi connectivity index (χ3v) is 2.51. The van der Waals surface area contributed by atoms with Crippen LogP contribution in [-0.4, -0.2) is 17.8 Å². The summed E-state index contributed by atoms with van der Waals surface area (Å²) in [5, 5.41) is 12.3. The summed E-state index contributed by atoms with van der Waals surface area (Å²) in [6.45, 7) is 3.52. The van der Waals surface area contributed by atoms with E-state index in [4.69, 9.17) is 5.11 Å². The lowest BCUT2D eigenvalue weighted by Gasteiger charge is -2.06. The van der Waals surface area contributed by atoms with Gasteiger partial charge in [0.2, 0.25) is 0 Å². The quantitative estimate of drug-likeness (QED) is 0.794. The zero-order valence-electron chi connectivity index (χ0n) is 8.33. The smallest absolute Gasteiger partial charge is 0.0524 e. The van der Waals surface area contributed by atoms with Gasteiger partial charge in [0.15, 0.2) is 0 Å². The summed E-state index contributed by atoms with van der Waals surface area (Å²) in [5.74, 6) is 0.